The molecule has 9 heteroatoms. The molecule has 0 fully saturated rings. The van der Waals surface area contributed by atoms with E-state index in [4.69, 9.17) is 0 Å². The molecule has 2 aromatic heterocycles. The van der Waals surface area contributed by atoms with Gasteiger partial charge in [-0.25, -0.2) is 13.3 Å². The predicted octanol–water partition coefficient (Wildman–Crippen LogP) is 3.81. The summed E-state index contributed by atoms with van der Waals surface area (Å²) in [7, 11) is 5.25. The van der Waals surface area contributed by atoms with E-state index in [2.05, 4.69) is 30.7 Å². The zero-order valence-corrected chi connectivity index (χ0v) is 16.7. The molecule has 0 aliphatic heterocycles. The molecule has 28 heavy (non-hydrogen) atoms. The van der Waals surface area contributed by atoms with Crippen molar-refractivity contribution in [1.82, 2.24) is 14.6 Å². The summed E-state index contributed by atoms with van der Waals surface area (Å²) in [5.74, 6) is 1.17. The number of aliphatic imine (C=N–C) groups is 2. The largest absolute Gasteiger partial charge is 0.371 e. The minimum absolute atomic E-state index is 0.277. The van der Waals surface area contributed by atoms with E-state index >= 15 is 0 Å². The van der Waals surface area contributed by atoms with Gasteiger partial charge in [-0.2, -0.15) is 4.98 Å². The highest BCUT2D eigenvalue weighted by molar-refractivity contribution is 6.16. The van der Waals surface area contributed by atoms with Crippen molar-refractivity contribution in [2.45, 2.75) is 26.7 Å². The van der Waals surface area contributed by atoms with Crippen molar-refractivity contribution in [1.29, 1.82) is 0 Å². The number of aromatic nitrogens is 3. The molecule has 0 atom stereocenters. The summed E-state index contributed by atoms with van der Waals surface area (Å²) in [6.07, 6.45) is 4.28. The third-order valence-corrected chi connectivity index (χ3v) is 3.94. The Balaban J connectivity index is 2.32. The number of fused-ring (bicyclic) bond motifs is 1. The minimum Gasteiger partial charge on any atom is -0.371 e. The molecule has 0 saturated heterocycles. The molecule has 0 bridgehead atoms. The number of allylic oxidation sites excluding steroid dienone is 3. The van der Waals surface area contributed by atoms with Crippen LogP contribution in [-0.4, -0.2) is 53.6 Å². The minimum atomic E-state index is -2.36. The molecular formula is C19H25F2N7. The summed E-state index contributed by atoms with van der Waals surface area (Å²) < 4.78 is 26.5. The summed E-state index contributed by atoms with van der Waals surface area (Å²) in [5, 5.41) is 10.4. The van der Waals surface area contributed by atoms with Crippen LogP contribution in [0.4, 0.5) is 20.5 Å². The monoisotopic (exact) mass is 389 g/mol. The van der Waals surface area contributed by atoms with Gasteiger partial charge in [0.05, 0.1) is 5.71 Å². The van der Waals surface area contributed by atoms with Gasteiger partial charge in [0.25, 0.3) is 0 Å². The summed E-state index contributed by atoms with van der Waals surface area (Å²) >= 11 is 0. The van der Waals surface area contributed by atoms with Crippen LogP contribution in [0.2, 0.25) is 0 Å². The maximum atomic E-state index is 12.4. The first-order valence-corrected chi connectivity index (χ1v) is 8.77. The van der Waals surface area contributed by atoms with Gasteiger partial charge in [0.1, 0.15) is 5.52 Å². The van der Waals surface area contributed by atoms with Gasteiger partial charge in [-0.1, -0.05) is 0 Å². The van der Waals surface area contributed by atoms with Crippen molar-refractivity contribution in [3.05, 3.63) is 41.8 Å². The summed E-state index contributed by atoms with van der Waals surface area (Å²) in [6.45, 7) is 3.44. The lowest BCUT2D eigenvalue weighted by Crippen LogP contribution is -2.07. The molecule has 2 aromatic rings. The topological polar surface area (TPSA) is 79.0 Å². The smallest absolute Gasteiger partial charge is 0.242 e. The second-order valence-corrected chi connectivity index (χ2v) is 6.09. The zero-order valence-electron chi connectivity index (χ0n) is 16.7. The first-order chi connectivity index (χ1) is 13.4. The molecular weight excluding hydrogens is 364 g/mol. The molecule has 0 radical (unpaired) electrons. The SMILES string of the molecule is CN=C(\C=C/C(C)=N\C=C(/C)CC(F)F)c1ccn2nc(NC)nc(NC)c12. The molecule has 0 saturated carbocycles. The number of nitrogens with one attached hydrogen (secondary N) is 2. The lowest BCUT2D eigenvalue weighted by molar-refractivity contribution is 0.149. The molecule has 0 aromatic carbocycles. The van der Waals surface area contributed by atoms with E-state index in [9.17, 15) is 8.78 Å². The van der Waals surface area contributed by atoms with Crippen LogP contribution in [0.1, 0.15) is 25.8 Å². The summed E-state index contributed by atoms with van der Waals surface area (Å²) in [4.78, 5) is 13.0. The second kappa shape index (κ2) is 9.72. The Bertz CT molecular complexity index is 939. The van der Waals surface area contributed by atoms with E-state index in [-0.39, 0.29) is 6.42 Å². The van der Waals surface area contributed by atoms with Gasteiger partial charge in [0.15, 0.2) is 5.82 Å². The van der Waals surface area contributed by atoms with Crippen molar-refractivity contribution < 1.29 is 8.78 Å². The Morgan fingerprint density at radius 1 is 1.25 bits per heavy atom. The first-order valence-electron chi connectivity index (χ1n) is 8.77. The molecule has 7 nitrogen and oxygen atoms in total. The van der Waals surface area contributed by atoms with Gasteiger partial charge in [-0.3, -0.25) is 9.98 Å². The number of hydrogen-bond donors (Lipinski definition) is 2. The van der Waals surface area contributed by atoms with Gasteiger partial charge in [-0.15, -0.1) is 5.10 Å². The van der Waals surface area contributed by atoms with Crippen LogP contribution in [0.25, 0.3) is 5.52 Å². The van der Waals surface area contributed by atoms with Crippen molar-refractivity contribution in [2.24, 2.45) is 9.98 Å². The summed E-state index contributed by atoms with van der Waals surface area (Å²) in [6, 6.07) is 1.91. The van der Waals surface area contributed by atoms with Crippen LogP contribution in [0, 0.1) is 0 Å². The predicted molar refractivity (Wildman–Crippen MR) is 111 cm³/mol. The summed E-state index contributed by atoms with van der Waals surface area (Å²) in [5.41, 5.74) is 3.60. The third kappa shape index (κ3) is 5.21. The molecule has 0 aliphatic carbocycles. The van der Waals surface area contributed by atoms with Crippen LogP contribution in [0.5, 0.6) is 0 Å². The number of anilines is 2. The van der Waals surface area contributed by atoms with Crippen molar-refractivity contribution >= 4 is 28.7 Å². The van der Waals surface area contributed by atoms with Gasteiger partial charge in [0.2, 0.25) is 12.4 Å². The Labute approximate surface area is 163 Å². The lowest BCUT2D eigenvalue weighted by atomic mass is 10.1. The van der Waals surface area contributed by atoms with E-state index in [1.165, 1.54) is 6.20 Å². The van der Waals surface area contributed by atoms with Crippen molar-refractivity contribution in [2.75, 3.05) is 31.8 Å². The Hall–Kier alpha value is -3.10. The first kappa shape index (κ1) is 21.2. The zero-order chi connectivity index (χ0) is 20.7. The van der Waals surface area contributed by atoms with Crippen LogP contribution < -0.4 is 10.6 Å². The van der Waals surface area contributed by atoms with E-state index in [0.717, 1.165) is 16.8 Å². The molecule has 2 heterocycles. The lowest BCUT2D eigenvalue weighted by Gasteiger charge is -2.08. The van der Waals surface area contributed by atoms with E-state index in [0.29, 0.717) is 23.1 Å². The van der Waals surface area contributed by atoms with Gasteiger partial charge in [0, 0.05) is 51.2 Å². The van der Waals surface area contributed by atoms with Crippen LogP contribution in [0.15, 0.2) is 46.2 Å². The van der Waals surface area contributed by atoms with Crippen molar-refractivity contribution in [3.63, 3.8) is 0 Å². The molecule has 150 valence electrons. The van der Waals surface area contributed by atoms with E-state index in [1.54, 1.807) is 45.6 Å². The highest BCUT2D eigenvalue weighted by atomic mass is 19.3. The van der Waals surface area contributed by atoms with Gasteiger partial charge < -0.3 is 10.6 Å². The average Bonchev–Trinajstić information content (AvgIpc) is 3.09. The number of rotatable bonds is 8. The number of alkyl halides is 2. The maximum absolute atomic E-state index is 12.4. The number of hydrogen-bond acceptors (Lipinski definition) is 6. The average molecular weight is 389 g/mol. The highest BCUT2D eigenvalue weighted by Gasteiger charge is 2.14. The Morgan fingerprint density at radius 2 is 2.00 bits per heavy atom. The quantitative estimate of drug-likeness (QED) is 0.673. The van der Waals surface area contributed by atoms with Crippen LogP contribution in [0.3, 0.4) is 0 Å². The van der Waals surface area contributed by atoms with Crippen LogP contribution >= 0.6 is 0 Å². The molecule has 2 N–H and O–H groups in total. The Kier molecular flexibility index (Phi) is 7.36. The second-order valence-electron chi connectivity index (χ2n) is 6.09. The van der Waals surface area contributed by atoms with Crippen LogP contribution in [-0.2, 0) is 0 Å². The Morgan fingerprint density at radius 3 is 2.61 bits per heavy atom. The molecule has 0 unspecified atom stereocenters. The fourth-order valence-corrected chi connectivity index (χ4v) is 2.55. The fraction of sp³-hybridized carbons (Fsp3) is 0.368. The van der Waals surface area contributed by atoms with Gasteiger partial charge >= 0.3 is 0 Å². The standard InChI is InChI=1S/C19H25F2N7/c1-12(10-16(20)21)11-25-13(2)6-7-15(22-3)14-8-9-28-17(14)18(23-4)26-19(24-5)27-28/h6-9,11,16H,10H2,1-5H3,(H2,23,24,26,27)/b7-6-,12-11+,22-15?,25-13-. The highest BCUT2D eigenvalue weighted by Crippen LogP contribution is 2.22. The van der Waals surface area contributed by atoms with Gasteiger partial charge in [-0.05, 0) is 37.6 Å². The molecule has 0 amide bonds. The molecule has 0 aliphatic rings. The number of halogens is 2. The third-order valence-electron chi connectivity index (χ3n) is 3.94. The van der Waals surface area contributed by atoms with Crippen molar-refractivity contribution in [3.8, 4) is 0 Å². The van der Waals surface area contributed by atoms with E-state index < -0.39 is 6.43 Å². The molecule has 2 rings (SSSR count). The number of nitrogens with zero attached hydrogens (tertiary/aromatic N) is 5. The fourth-order valence-electron chi connectivity index (χ4n) is 2.55. The normalized spacial score (nSPS) is 13.8. The maximum Gasteiger partial charge on any atom is 0.242 e. The molecule has 0 spiro atoms. The van der Waals surface area contributed by atoms with E-state index in [1.807, 2.05) is 18.3 Å².